The van der Waals surface area contributed by atoms with E-state index in [0.29, 0.717) is 26.4 Å². The molecule has 2 aromatic rings. The first-order chi connectivity index (χ1) is 14.9. The first-order valence-electron chi connectivity index (χ1n) is 10.8. The number of hydrogen-bond donors (Lipinski definition) is 3. The van der Waals surface area contributed by atoms with Gasteiger partial charge in [0.2, 0.25) is 0 Å². The van der Waals surface area contributed by atoms with Gasteiger partial charge in [-0.05, 0) is 44.2 Å². The van der Waals surface area contributed by atoms with Crippen molar-refractivity contribution in [3.05, 3.63) is 24.0 Å². The second-order valence-electron chi connectivity index (χ2n) is 8.51. The van der Waals surface area contributed by atoms with Crippen molar-refractivity contribution in [3.63, 3.8) is 0 Å². The Balaban J connectivity index is 1.50. The molecule has 0 bridgehead atoms. The number of anilines is 1. The zero-order chi connectivity index (χ0) is 22.0. The zero-order valence-electron chi connectivity index (χ0n) is 17.7. The molecule has 1 saturated carbocycles. The molecule has 0 aromatic carbocycles. The number of aromatic nitrogens is 2. The minimum Gasteiger partial charge on any atom is -0.383 e. The van der Waals surface area contributed by atoms with Gasteiger partial charge in [-0.1, -0.05) is 0 Å². The molecular weight excluding hydrogens is 411 g/mol. The van der Waals surface area contributed by atoms with Crippen molar-refractivity contribution in [2.45, 2.75) is 44.1 Å². The third-order valence-electron chi connectivity index (χ3n) is 6.43. The van der Waals surface area contributed by atoms with E-state index in [1.54, 1.807) is 13.3 Å². The number of nitrogens with one attached hydrogen (secondary N) is 2. The van der Waals surface area contributed by atoms with Crippen LogP contribution in [0.5, 0.6) is 0 Å². The van der Waals surface area contributed by atoms with Gasteiger partial charge in [0.15, 0.2) is 0 Å². The lowest BCUT2D eigenvalue weighted by molar-refractivity contribution is -0.125. The highest BCUT2D eigenvalue weighted by Gasteiger charge is 2.37. The molecule has 7 nitrogen and oxygen atoms in total. The summed E-state index contributed by atoms with van der Waals surface area (Å²) in [5, 5.41) is 14.5. The third kappa shape index (κ3) is 4.97. The number of methoxy groups -OCH3 is 1. The van der Waals surface area contributed by atoms with Gasteiger partial charge in [-0.25, -0.2) is 4.98 Å². The monoisotopic (exact) mass is 441 g/mol. The number of aliphatic hydroxyl groups is 1. The number of alkyl halides is 3. The van der Waals surface area contributed by atoms with Gasteiger partial charge in [0.25, 0.3) is 0 Å². The molecule has 0 amide bonds. The second kappa shape index (κ2) is 9.32. The molecule has 31 heavy (non-hydrogen) atoms. The highest BCUT2D eigenvalue weighted by molar-refractivity contribution is 5.92. The van der Waals surface area contributed by atoms with Crippen LogP contribution >= 0.6 is 0 Å². The van der Waals surface area contributed by atoms with Crippen LogP contribution in [-0.2, 0) is 4.74 Å². The molecular formula is C21H30F3N5O2. The summed E-state index contributed by atoms with van der Waals surface area (Å²) < 4.78 is 42.4. The summed E-state index contributed by atoms with van der Waals surface area (Å²) in [5.41, 5.74) is 2.57. The molecule has 3 heterocycles. The quantitative estimate of drug-likeness (QED) is 0.613. The maximum atomic E-state index is 12.4. The van der Waals surface area contributed by atoms with E-state index in [4.69, 9.17) is 4.74 Å². The van der Waals surface area contributed by atoms with Crippen molar-refractivity contribution in [1.29, 1.82) is 0 Å². The van der Waals surface area contributed by atoms with Crippen LogP contribution in [0.4, 0.5) is 18.9 Å². The fourth-order valence-electron chi connectivity index (χ4n) is 4.84. The number of rotatable bonds is 7. The number of H-pyrrole nitrogens is 1. The normalized spacial score (nSPS) is 25.2. The zero-order valence-corrected chi connectivity index (χ0v) is 17.7. The molecule has 3 N–H and O–H groups in total. The lowest BCUT2D eigenvalue weighted by atomic mass is 9.84. The SMILES string of the molecule is COCCN1CN(C2CCC(CNCC(F)(F)F)CC2)c2c(cnc3[nH]ccc23)C1O. The summed E-state index contributed by atoms with van der Waals surface area (Å²) in [6.07, 6.45) is 2.22. The molecule has 0 saturated heterocycles. The summed E-state index contributed by atoms with van der Waals surface area (Å²) >= 11 is 0. The Kier molecular flexibility index (Phi) is 6.71. The van der Waals surface area contributed by atoms with Gasteiger partial charge < -0.3 is 25.0 Å². The molecule has 0 radical (unpaired) electrons. The Morgan fingerprint density at radius 1 is 1.29 bits per heavy atom. The van der Waals surface area contributed by atoms with Crippen molar-refractivity contribution < 1.29 is 23.0 Å². The predicted molar refractivity (Wildman–Crippen MR) is 112 cm³/mol. The van der Waals surface area contributed by atoms with E-state index < -0.39 is 18.9 Å². The van der Waals surface area contributed by atoms with Gasteiger partial charge in [0.05, 0.1) is 25.5 Å². The summed E-state index contributed by atoms with van der Waals surface area (Å²) in [5.74, 6) is 0.253. The molecule has 1 fully saturated rings. The molecule has 172 valence electrons. The van der Waals surface area contributed by atoms with E-state index >= 15 is 0 Å². The van der Waals surface area contributed by atoms with Crippen LogP contribution in [0.3, 0.4) is 0 Å². The number of hydrogen-bond acceptors (Lipinski definition) is 6. The standard InChI is InChI=1S/C21H30F3N5O2/c1-31-9-8-28-13-29(15-4-2-14(3-5-15)10-25-12-21(22,23)24)18-16-6-7-26-19(16)27-11-17(18)20(28)30/h6-7,11,14-15,20,25,30H,2-5,8-10,12-13H2,1H3,(H,26,27). The Morgan fingerprint density at radius 2 is 2.06 bits per heavy atom. The van der Waals surface area contributed by atoms with Crippen LogP contribution in [0.25, 0.3) is 11.0 Å². The van der Waals surface area contributed by atoms with Crippen LogP contribution in [0, 0.1) is 5.92 Å². The first-order valence-corrected chi connectivity index (χ1v) is 10.8. The van der Waals surface area contributed by atoms with Crippen molar-refractivity contribution in [3.8, 4) is 0 Å². The van der Waals surface area contributed by atoms with Crippen molar-refractivity contribution >= 4 is 16.7 Å². The van der Waals surface area contributed by atoms with Crippen LogP contribution < -0.4 is 10.2 Å². The molecule has 1 atom stereocenters. The molecule has 10 heteroatoms. The van der Waals surface area contributed by atoms with Gasteiger partial charge in [-0.15, -0.1) is 0 Å². The maximum Gasteiger partial charge on any atom is 0.401 e. The number of nitrogens with zero attached hydrogens (tertiary/aromatic N) is 3. The molecule has 4 rings (SSSR count). The third-order valence-corrected chi connectivity index (χ3v) is 6.43. The van der Waals surface area contributed by atoms with Crippen molar-refractivity contribution in [1.82, 2.24) is 20.2 Å². The largest absolute Gasteiger partial charge is 0.401 e. The minimum atomic E-state index is -4.17. The van der Waals surface area contributed by atoms with Gasteiger partial charge in [-0.2, -0.15) is 13.2 Å². The van der Waals surface area contributed by atoms with Gasteiger partial charge >= 0.3 is 6.18 Å². The molecule has 1 aliphatic heterocycles. The summed E-state index contributed by atoms with van der Waals surface area (Å²) in [7, 11) is 1.64. The summed E-state index contributed by atoms with van der Waals surface area (Å²) in [6, 6.07) is 2.24. The summed E-state index contributed by atoms with van der Waals surface area (Å²) in [4.78, 5) is 11.9. The Bertz CT molecular complexity index is 866. The molecule has 2 aliphatic rings. The number of ether oxygens (including phenoxy) is 1. The van der Waals surface area contributed by atoms with E-state index in [9.17, 15) is 18.3 Å². The van der Waals surface area contributed by atoms with Crippen molar-refractivity contribution in [2.24, 2.45) is 5.92 Å². The number of pyridine rings is 1. The van der Waals surface area contributed by atoms with Gasteiger partial charge in [0.1, 0.15) is 11.9 Å². The van der Waals surface area contributed by atoms with E-state index in [1.807, 2.05) is 17.2 Å². The maximum absolute atomic E-state index is 12.4. The number of halogens is 3. The van der Waals surface area contributed by atoms with Crippen molar-refractivity contribution in [2.75, 3.05) is 44.9 Å². The van der Waals surface area contributed by atoms with E-state index in [2.05, 4.69) is 20.2 Å². The van der Waals surface area contributed by atoms with Gasteiger partial charge in [-0.3, -0.25) is 4.90 Å². The van der Waals surface area contributed by atoms with Crippen LogP contribution in [0.1, 0.15) is 37.5 Å². The average Bonchev–Trinajstić information content (AvgIpc) is 3.22. The van der Waals surface area contributed by atoms with Crippen LogP contribution in [0.15, 0.2) is 18.5 Å². The Labute approximate surface area is 179 Å². The fourth-order valence-corrected chi connectivity index (χ4v) is 4.84. The van der Waals surface area contributed by atoms with Crippen LogP contribution in [-0.4, -0.2) is 72.2 Å². The second-order valence-corrected chi connectivity index (χ2v) is 8.51. The van der Waals surface area contributed by atoms with E-state index in [0.717, 1.165) is 48.0 Å². The lowest BCUT2D eigenvalue weighted by Gasteiger charge is -2.47. The topological polar surface area (TPSA) is 76.7 Å². The number of fused-ring (bicyclic) bond motifs is 3. The predicted octanol–water partition coefficient (Wildman–Crippen LogP) is 2.99. The molecule has 1 aliphatic carbocycles. The van der Waals surface area contributed by atoms with Crippen LogP contribution in [0.2, 0.25) is 0 Å². The molecule has 0 spiro atoms. The Hall–Kier alpha value is -1.88. The first kappa shape index (κ1) is 22.3. The van der Waals surface area contributed by atoms with E-state index in [-0.39, 0.29) is 12.0 Å². The smallest absolute Gasteiger partial charge is 0.383 e. The Morgan fingerprint density at radius 3 is 2.77 bits per heavy atom. The molecule has 2 aromatic heterocycles. The lowest BCUT2D eigenvalue weighted by Crippen LogP contribution is -2.51. The fraction of sp³-hybridized carbons (Fsp3) is 0.667. The van der Waals surface area contributed by atoms with E-state index in [1.165, 1.54) is 0 Å². The number of aromatic amines is 1. The minimum absolute atomic E-state index is 0.253. The highest BCUT2D eigenvalue weighted by Crippen LogP contribution is 2.42. The average molecular weight is 441 g/mol. The summed E-state index contributed by atoms with van der Waals surface area (Å²) in [6.45, 7) is 1.14. The number of aliphatic hydroxyl groups excluding tert-OH is 1. The highest BCUT2D eigenvalue weighted by atomic mass is 19.4. The van der Waals surface area contributed by atoms with Gasteiger partial charge in [0, 0.05) is 43.0 Å². The molecule has 1 unspecified atom stereocenters.